The molecule has 0 heterocycles. The lowest BCUT2D eigenvalue weighted by Gasteiger charge is -2.31. The van der Waals surface area contributed by atoms with Gasteiger partial charge < -0.3 is 15.3 Å². The van der Waals surface area contributed by atoms with Gasteiger partial charge >= 0.3 is 0 Å². The summed E-state index contributed by atoms with van der Waals surface area (Å²) in [6.07, 6.45) is 4.71. The van der Waals surface area contributed by atoms with Crippen molar-refractivity contribution in [2.24, 2.45) is 5.92 Å². The van der Waals surface area contributed by atoms with Gasteiger partial charge in [-0.1, -0.05) is 136 Å². The van der Waals surface area contributed by atoms with Gasteiger partial charge in [0.25, 0.3) is 0 Å². The van der Waals surface area contributed by atoms with E-state index in [4.69, 9.17) is 0 Å². The van der Waals surface area contributed by atoms with Crippen LogP contribution in [0.5, 0.6) is 17.2 Å². The minimum absolute atomic E-state index is 0.00893. The molecule has 6 rings (SSSR count). The van der Waals surface area contributed by atoms with Crippen molar-refractivity contribution < 1.29 is 15.3 Å². The summed E-state index contributed by atoms with van der Waals surface area (Å²) < 4.78 is 0. The van der Waals surface area contributed by atoms with E-state index in [9.17, 15) is 15.3 Å². The van der Waals surface area contributed by atoms with Crippen molar-refractivity contribution >= 4 is 0 Å². The third kappa shape index (κ3) is 6.31. The predicted molar refractivity (Wildman–Crippen MR) is 203 cm³/mol. The molecule has 5 aromatic carbocycles. The fourth-order valence-electron chi connectivity index (χ4n) is 7.38. The molecule has 2 unspecified atom stereocenters. The Morgan fingerprint density at radius 2 is 1.08 bits per heavy atom. The van der Waals surface area contributed by atoms with Gasteiger partial charge in [0.2, 0.25) is 0 Å². The first-order valence-electron chi connectivity index (χ1n) is 17.2. The van der Waals surface area contributed by atoms with Crippen LogP contribution in [-0.2, 0) is 10.8 Å². The summed E-state index contributed by atoms with van der Waals surface area (Å²) in [5.74, 6) is 0.778. The fraction of sp³-hybridized carbons (Fsp3) is 0.261. The summed E-state index contributed by atoms with van der Waals surface area (Å²) in [6.45, 7) is 17.0. The van der Waals surface area contributed by atoms with Crippen molar-refractivity contribution in [3.05, 3.63) is 171 Å². The Labute approximate surface area is 291 Å². The van der Waals surface area contributed by atoms with E-state index in [0.717, 1.165) is 50.1 Å². The summed E-state index contributed by atoms with van der Waals surface area (Å²) in [4.78, 5) is 0. The first-order valence-corrected chi connectivity index (χ1v) is 17.2. The van der Waals surface area contributed by atoms with E-state index >= 15 is 0 Å². The van der Waals surface area contributed by atoms with Crippen molar-refractivity contribution in [2.75, 3.05) is 0 Å². The molecule has 3 N–H and O–H groups in total. The first-order chi connectivity index (χ1) is 23.2. The molecule has 0 aliphatic heterocycles. The van der Waals surface area contributed by atoms with Crippen LogP contribution in [-0.4, -0.2) is 15.3 Å². The Hall–Kier alpha value is -5.02. The molecule has 1 aliphatic rings. The van der Waals surface area contributed by atoms with Crippen LogP contribution in [0.1, 0.15) is 85.0 Å². The minimum Gasteiger partial charge on any atom is -0.508 e. The first kappa shape index (κ1) is 33.9. The second kappa shape index (κ2) is 12.8. The maximum Gasteiger partial charge on any atom is 0.122 e. The number of aromatic hydroxyl groups is 3. The number of phenolic OH excluding ortho intramolecular Hbond substituents is 3. The monoisotopic (exact) mass is 648 g/mol. The second-order valence-electron chi connectivity index (χ2n) is 15.0. The van der Waals surface area contributed by atoms with Crippen LogP contribution < -0.4 is 0 Å². The molecule has 0 fully saturated rings. The molecule has 2 atom stereocenters. The Bertz CT molecular complexity index is 2080. The van der Waals surface area contributed by atoms with Crippen LogP contribution in [0.2, 0.25) is 0 Å². The van der Waals surface area contributed by atoms with Crippen molar-refractivity contribution in [3.63, 3.8) is 0 Å². The largest absolute Gasteiger partial charge is 0.508 e. The van der Waals surface area contributed by atoms with Gasteiger partial charge in [-0.2, -0.15) is 0 Å². The highest BCUT2D eigenvalue weighted by atomic mass is 16.3. The number of hydrogen-bond donors (Lipinski definition) is 3. The van der Waals surface area contributed by atoms with Gasteiger partial charge in [-0.25, -0.2) is 0 Å². The molecule has 250 valence electrons. The number of hydrogen-bond acceptors (Lipinski definition) is 3. The van der Waals surface area contributed by atoms with Crippen molar-refractivity contribution in [1.29, 1.82) is 0 Å². The normalized spacial score (nSPS) is 15.6. The molecule has 0 amide bonds. The minimum atomic E-state index is -0.381. The smallest absolute Gasteiger partial charge is 0.122 e. The molecule has 0 aromatic heterocycles. The van der Waals surface area contributed by atoms with Crippen LogP contribution in [0.25, 0.3) is 11.1 Å². The lowest BCUT2D eigenvalue weighted by atomic mass is 9.72. The highest BCUT2D eigenvalue weighted by Crippen LogP contribution is 2.49. The lowest BCUT2D eigenvalue weighted by molar-refractivity contribution is 0.454. The molecule has 0 bridgehead atoms. The molecule has 0 spiro atoms. The number of benzene rings is 5. The highest BCUT2D eigenvalue weighted by molar-refractivity contribution is 5.65. The quantitative estimate of drug-likeness (QED) is 0.157. The molecular formula is C46H48O3. The zero-order chi connectivity index (χ0) is 35.2. The van der Waals surface area contributed by atoms with Crippen LogP contribution in [0.4, 0.5) is 0 Å². The van der Waals surface area contributed by atoms with E-state index in [1.165, 1.54) is 16.7 Å². The summed E-state index contributed by atoms with van der Waals surface area (Å²) in [6, 6.07) is 35.3. The Morgan fingerprint density at radius 3 is 1.65 bits per heavy atom. The van der Waals surface area contributed by atoms with Crippen LogP contribution in [0.3, 0.4) is 0 Å². The Balaban J connectivity index is 1.51. The van der Waals surface area contributed by atoms with E-state index in [1.54, 1.807) is 12.1 Å². The number of allylic oxidation sites excluding steroid dienone is 4. The van der Waals surface area contributed by atoms with E-state index in [1.807, 2.05) is 39.0 Å². The molecule has 3 nitrogen and oxygen atoms in total. The van der Waals surface area contributed by atoms with E-state index in [2.05, 4.69) is 120 Å². The lowest BCUT2D eigenvalue weighted by Crippen LogP contribution is -2.21. The summed E-state index contributed by atoms with van der Waals surface area (Å²) >= 11 is 0. The molecular weight excluding hydrogens is 601 g/mol. The van der Waals surface area contributed by atoms with Crippen molar-refractivity contribution in [2.45, 2.75) is 72.1 Å². The third-order valence-electron chi connectivity index (χ3n) is 10.9. The van der Waals surface area contributed by atoms with Crippen LogP contribution in [0.15, 0.2) is 126 Å². The third-order valence-corrected chi connectivity index (χ3v) is 10.9. The van der Waals surface area contributed by atoms with E-state index in [-0.39, 0.29) is 28.4 Å². The topological polar surface area (TPSA) is 60.7 Å². The highest BCUT2D eigenvalue weighted by Gasteiger charge is 2.36. The average molecular weight is 649 g/mol. The molecule has 1 aliphatic carbocycles. The van der Waals surface area contributed by atoms with Gasteiger partial charge in [-0.05, 0) is 95.5 Å². The molecule has 0 saturated heterocycles. The van der Waals surface area contributed by atoms with Crippen LogP contribution in [0, 0.1) is 26.7 Å². The summed E-state index contributed by atoms with van der Waals surface area (Å²) in [5, 5.41) is 32.4. The number of aryl methyl sites for hydroxylation is 3. The van der Waals surface area contributed by atoms with Gasteiger partial charge in [0.15, 0.2) is 0 Å². The van der Waals surface area contributed by atoms with Gasteiger partial charge in [0.1, 0.15) is 17.2 Å². The molecule has 0 saturated carbocycles. The molecule has 49 heavy (non-hydrogen) atoms. The zero-order valence-electron chi connectivity index (χ0n) is 30.0. The van der Waals surface area contributed by atoms with Crippen molar-refractivity contribution in [1.82, 2.24) is 0 Å². The van der Waals surface area contributed by atoms with Crippen LogP contribution >= 0.6 is 0 Å². The van der Waals surface area contributed by atoms with Gasteiger partial charge in [0, 0.05) is 28.2 Å². The number of phenols is 3. The maximum absolute atomic E-state index is 11.9. The standard InChI is InChI=1S/C46H48O3/c1-28-22-37(45(5,6)35-18-20-41(47)29(2)23-35)26-39(28)43(34-16-14-33(15-17-34)32-12-10-9-11-13-32)40-27-38(25-31(4)44(40)49)46(7,8)36-19-21-42(48)30(3)24-36/h9-27,39,43,47-49H,1-8H3. The van der Waals surface area contributed by atoms with E-state index < -0.39 is 0 Å². The average Bonchev–Trinajstić information content (AvgIpc) is 3.47. The Morgan fingerprint density at radius 1 is 0.551 bits per heavy atom. The predicted octanol–water partition coefficient (Wildman–Crippen LogP) is 11.3. The SMILES string of the molecule is CC1=CC(C(C)(C)c2ccc(O)c(C)c2)=CC1C(c1ccc(-c2ccccc2)cc1)c1cc(C(C)(C)c2ccc(O)c(C)c2)cc(C)c1O. The summed E-state index contributed by atoms with van der Waals surface area (Å²) in [7, 11) is 0. The number of rotatable bonds is 8. The maximum atomic E-state index is 11.9. The van der Waals surface area contributed by atoms with Gasteiger partial charge in [-0.15, -0.1) is 0 Å². The van der Waals surface area contributed by atoms with E-state index in [0.29, 0.717) is 11.5 Å². The van der Waals surface area contributed by atoms with Gasteiger partial charge in [0.05, 0.1) is 0 Å². The molecule has 0 radical (unpaired) electrons. The Kier molecular flexibility index (Phi) is 8.83. The molecule has 5 aromatic rings. The zero-order valence-corrected chi connectivity index (χ0v) is 30.0. The van der Waals surface area contributed by atoms with Crippen molar-refractivity contribution in [3.8, 4) is 28.4 Å². The van der Waals surface area contributed by atoms with Gasteiger partial charge in [-0.3, -0.25) is 0 Å². The summed E-state index contributed by atoms with van der Waals surface area (Å²) in [5.41, 5.74) is 12.0. The molecule has 3 heteroatoms. The second-order valence-corrected chi connectivity index (χ2v) is 15.0. The fourth-order valence-corrected chi connectivity index (χ4v) is 7.38.